The number of carbonyl (C=O) groups excluding carboxylic acids is 1. The van der Waals surface area contributed by atoms with E-state index in [4.69, 9.17) is 19.7 Å². The maximum atomic E-state index is 12.9. The van der Waals surface area contributed by atoms with Crippen LogP contribution in [0.15, 0.2) is 108 Å². The van der Waals surface area contributed by atoms with Crippen molar-refractivity contribution in [2.45, 2.75) is 34.1 Å². The Morgan fingerprint density at radius 1 is 1.05 bits per heavy atom. The molecule has 7 heteroatoms. The third-order valence-corrected chi connectivity index (χ3v) is 7.83. The van der Waals surface area contributed by atoms with Gasteiger partial charge in [0, 0.05) is 27.4 Å². The Bertz CT molecular complexity index is 1790. The number of hydrogen-bond donors (Lipinski definition) is 2. The van der Waals surface area contributed by atoms with Gasteiger partial charge in [-0.2, -0.15) is 0 Å². The van der Waals surface area contributed by atoms with E-state index in [0.717, 1.165) is 62.5 Å². The summed E-state index contributed by atoms with van der Waals surface area (Å²) in [5.74, 6) is -1.54. The second kappa shape index (κ2) is 8.52. The molecule has 0 spiro atoms. The van der Waals surface area contributed by atoms with E-state index in [1.165, 1.54) is 7.11 Å². The highest BCUT2D eigenvalue weighted by Gasteiger charge is 2.45. The fraction of sp³-hybridized carbons (Fsp3) is 0.226. The molecule has 1 aromatic rings. The van der Waals surface area contributed by atoms with Gasteiger partial charge in [-0.15, -0.1) is 0 Å². The molecule has 0 amide bonds. The number of allylic oxidation sites excluding steroid dienone is 8. The topological polar surface area (TPSA) is 99.4 Å². The molecule has 4 aliphatic heterocycles. The van der Waals surface area contributed by atoms with Gasteiger partial charge in [0.1, 0.15) is 11.7 Å². The van der Waals surface area contributed by atoms with Crippen LogP contribution in [-0.2, 0) is 9.53 Å². The molecule has 2 N–H and O–H groups in total. The third-order valence-electron chi connectivity index (χ3n) is 7.83. The maximum Gasteiger partial charge on any atom is 0.321 e. The maximum absolute atomic E-state index is 12.9. The lowest BCUT2D eigenvalue weighted by Gasteiger charge is -2.11. The second-order valence-corrected chi connectivity index (χ2v) is 9.83. The van der Waals surface area contributed by atoms with Gasteiger partial charge in [-0.05, 0) is 79.8 Å². The summed E-state index contributed by atoms with van der Waals surface area (Å²) in [5, 5.41) is 12.8. The Labute approximate surface area is 220 Å². The van der Waals surface area contributed by atoms with Crippen molar-refractivity contribution < 1.29 is 14.6 Å². The fourth-order valence-electron chi connectivity index (χ4n) is 5.77. The van der Waals surface area contributed by atoms with E-state index < -0.39 is 11.9 Å². The van der Waals surface area contributed by atoms with Gasteiger partial charge < -0.3 is 14.8 Å². The molecular weight excluding hydrogens is 476 g/mol. The highest BCUT2D eigenvalue weighted by atomic mass is 16.5. The molecular formula is C31H28N4O3. The Hall–Kier alpha value is -4.52. The largest absolute Gasteiger partial charge is 0.510 e. The number of aromatic nitrogens is 1. The Morgan fingerprint density at radius 2 is 1.79 bits per heavy atom. The normalized spacial score (nSPS) is 22.0. The summed E-state index contributed by atoms with van der Waals surface area (Å²) in [5.41, 5.74) is 10.8. The minimum atomic E-state index is -0.958. The highest BCUT2D eigenvalue weighted by Crippen LogP contribution is 2.44. The summed E-state index contributed by atoms with van der Waals surface area (Å²) in [6, 6.07) is 3.83. The quantitative estimate of drug-likeness (QED) is 0.603. The van der Waals surface area contributed by atoms with Crippen molar-refractivity contribution in [1.82, 2.24) is 4.98 Å². The minimum Gasteiger partial charge on any atom is -0.510 e. The molecule has 7 nitrogen and oxygen atoms in total. The number of H-pyrrole nitrogens is 1. The predicted molar refractivity (Wildman–Crippen MR) is 150 cm³/mol. The van der Waals surface area contributed by atoms with Crippen molar-refractivity contribution >= 4 is 34.8 Å². The standard InChI is InChI=1S/C31H28N4O3/c1-7-18-14(3)21-11-17-9-10-20(32-17)27-28(31(37)38-6)30(36)26-16(5)23(35-29(26)27)13-25-19(8-2)15(4)22(34-25)12-24(18)33-21/h7,9-13,28,32,36H,1,8H2,2-6H3/t28-/m1/s1. The first-order valence-corrected chi connectivity index (χ1v) is 12.6. The number of fused-ring (bicyclic) bond motifs is 5. The number of aromatic amines is 1. The molecule has 0 fully saturated rings. The average Bonchev–Trinajstić information content (AvgIpc) is 3.67. The van der Waals surface area contributed by atoms with Gasteiger partial charge in [-0.25, -0.2) is 15.0 Å². The number of nitrogens with one attached hydrogen (secondary N) is 1. The van der Waals surface area contributed by atoms with Crippen molar-refractivity contribution in [2.24, 2.45) is 20.9 Å². The molecule has 5 heterocycles. The average molecular weight is 505 g/mol. The Morgan fingerprint density at radius 3 is 2.50 bits per heavy atom. The minimum absolute atomic E-state index is 0.0436. The number of nitrogens with zero attached hydrogens (tertiary/aromatic N) is 3. The number of carbonyl (C=O) groups is 1. The number of esters is 1. The number of aliphatic hydroxyl groups is 1. The van der Waals surface area contributed by atoms with E-state index in [2.05, 4.69) is 25.4 Å². The molecule has 190 valence electrons. The van der Waals surface area contributed by atoms with Crippen LogP contribution >= 0.6 is 0 Å². The summed E-state index contributed by atoms with van der Waals surface area (Å²) >= 11 is 0. The molecule has 1 aliphatic carbocycles. The van der Waals surface area contributed by atoms with Crippen molar-refractivity contribution in [2.75, 3.05) is 7.11 Å². The van der Waals surface area contributed by atoms with Crippen molar-refractivity contribution in [3.05, 3.63) is 104 Å². The molecule has 1 aromatic heterocycles. The number of methoxy groups -OCH3 is 1. The van der Waals surface area contributed by atoms with Crippen LogP contribution in [0.3, 0.4) is 0 Å². The SMILES string of the molecule is C=CC1=C(C)C2=NC1=CC1=NC(=CC3=C(C)C4=C(O)[C@H](C(=O)OC)C(=c5ccc([nH]5)=C2)C4=N3)C(CC)=C1C. The smallest absolute Gasteiger partial charge is 0.321 e. The molecule has 0 aromatic carbocycles. The number of ether oxygens (including phenoxy) is 1. The first kappa shape index (κ1) is 23.9. The first-order valence-electron chi connectivity index (χ1n) is 12.6. The Balaban J connectivity index is 1.71. The lowest BCUT2D eigenvalue weighted by molar-refractivity contribution is -0.142. The van der Waals surface area contributed by atoms with Crippen LogP contribution in [-0.4, -0.2) is 40.3 Å². The van der Waals surface area contributed by atoms with E-state index in [1.807, 2.05) is 50.3 Å². The van der Waals surface area contributed by atoms with Crippen molar-refractivity contribution in [1.29, 1.82) is 0 Å². The molecule has 5 aliphatic rings. The number of aliphatic hydroxyl groups excluding tert-OH is 1. The van der Waals surface area contributed by atoms with Gasteiger partial charge in [0.2, 0.25) is 0 Å². The van der Waals surface area contributed by atoms with Gasteiger partial charge in [0.25, 0.3) is 0 Å². The van der Waals surface area contributed by atoms with E-state index in [9.17, 15) is 9.90 Å². The zero-order valence-corrected chi connectivity index (χ0v) is 22.1. The molecule has 1 atom stereocenters. The lowest BCUT2D eigenvalue weighted by atomic mass is 10.00. The molecule has 0 radical (unpaired) electrons. The van der Waals surface area contributed by atoms with Crippen LogP contribution in [0.2, 0.25) is 0 Å². The van der Waals surface area contributed by atoms with Crippen LogP contribution in [0.5, 0.6) is 0 Å². The van der Waals surface area contributed by atoms with E-state index in [0.29, 0.717) is 27.9 Å². The van der Waals surface area contributed by atoms with Crippen LogP contribution in [0.1, 0.15) is 34.1 Å². The summed E-state index contributed by atoms with van der Waals surface area (Å²) < 4.78 is 5.08. The summed E-state index contributed by atoms with van der Waals surface area (Å²) in [6.07, 6.45) is 8.61. The monoisotopic (exact) mass is 504 g/mol. The summed E-state index contributed by atoms with van der Waals surface area (Å²) in [6.45, 7) is 12.2. The lowest BCUT2D eigenvalue weighted by Crippen LogP contribution is -2.25. The second-order valence-electron chi connectivity index (χ2n) is 9.83. The molecule has 0 unspecified atom stereocenters. The zero-order valence-electron chi connectivity index (χ0n) is 22.1. The molecule has 38 heavy (non-hydrogen) atoms. The zero-order chi connectivity index (χ0) is 26.9. The molecule has 0 saturated carbocycles. The van der Waals surface area contributed by atoms with Crippen LogP contribution < -0.4 is 10.7 Å². The summed E-state index contributed by atoms with van der Waals surface area (Å²) in [7, 11) is 1.32. The van der Waals surface area contributed by atoms with Crippen LogP contribution in [0.4, 0.5) is 0 Å². The van der Waals surface area contributed by atoms with Gasteiger partial charge in [-0.1, -0.05) is 19.6 Å². The first-order chi connectivity index (χ1) is 18.3. The van der Waals surface area contributed by atoms with E-state index >= 15 is 0 Å². The van der Waals surface area contributed by atoms with Crippen LogP contribution in [0, 0.1) is 5.92 Å². The van der Waals surface area contributed by atoms with E-state index in [1.54, 1.807) is 0 Å². The Kier molecular flexibility index (Phi) is 5.35. The molecule has 8 bridgehead atoms. The van der Waals surface area contributed by atoms with Crippen molar-refractivity contribution in [3.8, 4) is 0 Å². The number of hydrogen-bond acceptors (Lipinski definition) is 6. The van der Waals surface area contributed by atoms with Gasteiger partial charge in [0.15, 0.2) is 0 Å². The van der Waals surface area contributed by atoms with Crippen molar-refractivity contribution in [3.63, 3.8) is 0 Å². The predicted octanol–water partition coefficient (Wildman–Crippen LogP) is 4.21. The van der Waals surface area contributed by atoms with Gasteiger partial charge in [0.05, 0.1) is 41.3 Å². The van der Waals surface area contributed by atoms with Gasteiger partial charge >= 0.3 is 5.97 Å². The third kappa shape index (κ3) is 3.28. The van der Waals surface area contributed by atoms with Gasteiger partial charge in [-0.3, -0.25) is 4.79 Å². The molecule has 0 saturated heterocycles. The number of rotatable bonds is 3. The highest BCUT2D eigenvalue weighted by molar-refractivity contribution is 6.37. The number of aliphatic imine (C=N–C) groups is 3. The van der Waals surface area contributed by atoms with Crippen LogP contribution in [0.25, 0.3) is 11.6 Å². The van der Waals surface area contributed by atoms with E-state index in [-0.39, 0.29) is 5.76 Å². The summed E-state index contributed by atoms with van der Waals surface area (Å²) in [4.78, 5) is 31.1. The fourth-order valence-corrected chi connectivity index (χ4v) is 5.77. The molecule has 6 rings (SSSR count).